The van der Waals surface area contributed by atoms with Crippen LogP contribution in [0.15, 0.2) is 27.8 Å². The number of hydrogen-bond donors (Lipinski definition) is 0. The Hall–Kier alpha value is -2.63. The van der Waals surface area contributed by atoms with E-state index in [0.717, 1.165) is 37.4 Å². The average Bonchev–Trinajstić information content (AvgIpc) is 3.37. The number of morpholine rings is 1. The zero-order valence-electron chi connectivity index (χ0n) is 20.2. The van der Waals surface area contributed by atoms with Crippen molar-refractivity contribution in [2.45, 2.75) is 37.3 Å². The molecule has 1 amide bonds. The SMILES string of the molecule is CCOC(=O)C1CCCN(C(=O)c2ccc(CSc3nc(COC)cc(N4CCOCC4)n3)o2)C1. The molecule has 0 saturated carbocycles. The Kier molecular flexibility index (Phi) is 9.00. The minimum Gasteiger partial charge on any atom is -0.466 e. The van der Waals surface area contributed by atoms with Gasteiger partial charge in [0, 0.05) is 39.4 Å². The minimum absolute atomic E-state index is 0.205. The van der Waals surface area contributed by atoms with Gasteiger partial charge >= 0.3 is 5.97 Å². The van der Waals surface area contributed by atoms with Crippen LogP contribution in [-0.4, -0.2) is 79.9 Å². The smallest absolute Gasteiger partial charge is 0.310 e. The molecule has 0 radical (unpaired) electrons. The van der Waals surface area contributed by atoms with Crippen molar-refractivity contribution in [3.8, 4) is 0 Å². The molecule has 1 atom stereocenters. The first-order valence-electron chi connectivity index (χ1n) is 11.9. The van der Waals surface area contributed by atoms with Crippen molar-refractivity contribution in [3.63, 3.8) is 0 Å². The Morgan fingerprint density at radius 3 is 2.80 bits per heavy atom. The van der Waals surface area contributed by atoms with Crippen LogP contribution in [0.2, 0.25) is 0 Å². The number of rotatable bonds is 9. The second-order valence-corrected chi connectivity index (χ2v) is 9.37. The monoisotopic (exact) mass is 504 g/mol. The molecule has 2 fully saturated rings. The van der Waals surface area contributed by atoms with E-state index in [9.17, 15) is 9.59 Å². The van der Waals surface area contributed by atoms with Crippen LogP contribution in [0, 0.1) is 5.92 Å². The highest BCUT2D eigenvalue weighted by atomic mass is 32.2. The molecule has 0 bridgehead atoms. The number of esters is 1. The van der Waals surface area contributed by atoms with Crippen molar-refractivity contribution < 1.29 is 28.2 Å². The first-order chi connectivity index (χ1) is 17.1. The summed E-state index contributed by atoms with van der Waals surface area (Å²) >= 11 is 1.45. The first-order valence-corrected chi connectivity index (χ1v) is 12.9. The molecule has 0 aliphatic carbocycles. The van der Waals surface area contributed by atoms with E-state index >= 15 is 0 Å². The molecule has 190 valence electrons. The number of piperidine rings is 1. The van der Waals surface area contributed by atoms with E-state index in [1.165, 1.54) is 11.8 Å². The highest BCUT2D eigenvalue weighted by Crippen LogP contribution is 2.26. The quantitative estimate of drug-likeness (QED) is 0.287. The third kappa shape index (κ3) is 6.74. The van der Waals surface area contributed by atoms with E-state index in [-0.39, 0.29) is 23.6 Å². The molecular weight excluding hydrogens is 472 g/mol. The van der Waals surface area contributed by atoms with Crippen LogP contribution in [-0.2, 0) is 31.4 Å². The molecule has 11 heteroatoms. The van der Waals surface area contributed by atoms with Gasteiger partial charge in [0.15, 0.2) is 10.9 Å². The maximum Gasteiger partial charge on any atom is 0.310 e. The highest BCUT2D eigenvalue weighted by molar-refractivity contribution is 7.98. The molecule has 0 spiro atoms. The lowest BCUT2D eigenvalue weighted by Crippen LogP contribution is -2.42. The van der Waals surface area contributed by atoms with Gasteiger partial charge in [-0.05, 0) is 31.9 Å². The van der Waals surface area contributed by atoms with Gasteiger partial charge in [-0.25, -0.2) is 9.97 Å². The van der Waals surface area contributed by atoms with Gasteiger partial charge in [-0.1, -0.05) is 11.8 Å². The zero-order chi connectivity index (χ0) is 24.6. The van der Waals surface area contributed by atoms with Crippen LogP contribution >= 0.6 is 11.8 Å². The molecule has 2 saturated heterocycles. The summed E-state index contributed by atoms with van der Waals surface area (Å²) < 4.78 is 21.7. The van der Waals surface area contributed by atoms with Crippen molar-refractivity contribution in [1.82, 2.24) is 14.9 Å². The number of ether oxygens (including phenoxy) is 3. The molecule has 2 aromatic heterocycles. The third-order valence-corrected chi connectivity index (χ3v) is 6.79. The number of thioether (sulfide) groups is 1. The van der Waals surface area contributed by atoms with Gasteiger partial charge in [0.1, 0.15) is 11.6 Å². The number of carbonyl (C=O) groups is 2. The van der Waals surface area contributed by atoms with Crippen LogP contribution in [0.5, 0.6) is 0 Å². The minimum atomic E-state index is -0.283. The molecule has 4 heterocycles. The van der Waals surface area contributed by atoms with Gasteiger partial charge in [0.05, 0.1) is 43.8 Å². The van der Waals surface area contributed by atoms with E-state index in [1.807, 2.05) is 6.07 Å². The van der Waals surface area contributed by atoms with Crippen LogP contribution in [0.25, 0.3) is 0 Å². The second-order valence-electron chi connectivity index (χ2n) is 8.43. The largest absolute Gasteiger partial charge is 0.466 e. The maximum atomic E-state index is 13.0. The normalized spacial score (nSPS) is 18.5. The molecular formula is C24H32N4O6S. The van der Waals surface area contributed by atoms with E-state index < -0.39 is 0 Å². The molecule has 2 aliphatic rings. The Morgan fingerprint density at radius 2 is 2.03 bits per heavy atom. The fourth-order valence-corrected chi connectivity index (χ4v) is 4.94. The molecule has 0 aromatic carbocycles. The van der Waals surface area contributed by atoms with Crippen LogP contribution in [0.3, 0.4) is 0 Å². The topological polar surface area (TPSA) is 107 Å². The molecule has 10 nitrogen and oxygen atoms in total. The second kappa shape index (κ2) is 12.4. The average molecular weight is 505 g/mol. The summed E-state index contributed by atoms with van der Waals surface area (Å²) in [6.07, 6.45) is 1.50. The van der Waals surface area contributed by atoms with Crippen LogP contribution < -0.4 is 4.90 Å². The number of carbonyl (C=O) groups excluding carboxylic acids is 2. The molecule has 2 aliphatic heterocycles. The number of likely N-dealkylation sites (tertiary alicyclic amines) is 1. The lowest BCUT2D eigenvalue weighted by molar-refractivity contribution is -0.149. The van der Waals surface area contributed by atoms with Crippen molar-refractivity contribution in [2.75, 3.05) is 58.0 Å². The fraction of sp³-hybridized carbons (Fsp3) is 0.583. The summed E-state index contributed by atoms with van der Waals surface area (Å²) in [7, 11) is 1.64. The molecule has 1 unspecified atom stereocenters. The van der Waals surface area contributed by atoms with Crippen LogP contribution in [0.1, 0.15) is 41.8 Å². The van der Waals surface area contributed by atoms with Gasteiger partial charge in [-0.3, -0.25) is 9.59 Å². The molecule has 35 heavy (non-hydrogen) atoms. The Labute approximate surface area is 209 Å². The Balaban J connectivity index is 1.38. The van der Waals surface area contributed by atoms with Gasteiger partial charge in [0.25, 0.3) is 5.91 Å². The molecule has 0 N–H and O–H groups in total. The van der Waals surface area contributed by atoms with Gasteiger partial charge in [-0.15, -0.1) is 0 Å². The summed E-state index contributed by atoms with van der Waals surface area (Å²) in [4.78, 5) is 38.2. The number of amides is 1. The van der Waals surface area contributed by atoms with Crippen LogP contribution in [0.4, 0.5) is 5.82 Å². The highest BCUT2D eigenvalue weighted by Gasteiger charge is 2.31. The summed E-state index contributed by atoms with van der Waals surface area (Å²) in [5.74, 6) is 1.54. The number of hydrogen-bond acceptors (Lipinski definition) is 10. The summed E-state index contributed by atoms with van der Waals surface area (Å²) in [5.41, 5.74) is 0.808. The Bertz CT molecular complexity index is 1010. The third-order valence-electron chi connectivity index (χ3n) is 5.92. The van der Waals surface area contributed by atoms with Crippen molar-refractivity contribution in [3.05, 3.63) is 35.4 Å². The van der Waals surface area contributed by atoms with Crippen molar-refractivity contribution in [2.24, 2.45) is 5.92 Å². The Morgan fingerprint density at radius 1 is 1.20 bits per heavy atom. The lowest BCUT2D eigenvalue weighted by Gasteiger charge is -2.30. The van der Waals surface area contributed by atoms with E-state index in [4.69, 9.17) is 23.6 Å². The van der Waals surface area contributed by atoms with E-state index in [2.05, 4.69) is 9.88 Å². The molecule has 2 aromatic rings. The molecule has 4 rings (SSSR count). The summed E-state index contributed by atoms with van der Waals surface area (Å²) in [5, 5.41) is 0.624. The van der Waals surface area contributed by atoms with E-state index in [0.29, 0.717) is 56.2 Å². The number of aromatic nitrogens is 2. The first kappa shape index (κ1) is 25.5. The number of furan rings is 1. The fourth-order valence-electron chi connectivity index (χ4n) is 4.18. The summed E-state index contributed by atoms with van der Waals surface area (Å²) in [6, 6.07) is 5.44. The number of methoxy groups -OCH3 is 1. The summed E-state index contributed by atoms with van der Waals surface area (Å²) in [6.45, 7) is 6.39. The predicted molar refractivity (Wildman–Crippen MR) is 129 cm³/mol. The van der Waals surface area contributed by atoms with E-state index in [1.54, 1.807) is 31.1 Å². The van der Waals surface area contributed by atoms with Gasteiger partial charge < -0.3 is 28.4 Å². The maximum absolute atomic E-state index is 13.0. The van der Waals surface area contributed by atoms with Crippen molar-refractivity contribution >= 4 is 29.5 Å². The number of nitrogens with zero attached hydrogens (tertiary/aromatic N) is 4. The van der Waals surface area contributed by atoms with Gasteiger partial charge in [0.2, 0.25) is 0 Å². The predicted octanol–water partition coefficient (Wildman–Crippen LogP) is 2.76. The lowest BCUT2D eigenvalue weighted by atomic mass is 9.98. The number of anilines is 1. The standard InChI is InChI=1S/C24H32N4O6S/c1-3-33-23(30)17-5-4-8-28(14-17)22(29)20-7-6-19(34-20)16-35-24-25-18(15-31-2)13-21(26-24)27-9-11-32-12-10-27/h6-7,13,17H,3-5,8-12,14-16H2,1-2H3. The van der Waals surface area contributed by atoms with Crippen molar-refractivity contribution in [1.29, 1.82) is 0 Å². The van der Waals surface area contributed by atoms with Gasteiger partial charge in [-0.2, -0.15) is 0 Å². The zero-order valence-corrected chi connectivity index (χ0v) is 21.1.